The topological polar surface area (TPSA) is 412 Å². The van der Waals surface area contributed by atoms with Gasteiger partial charge in [-0.2, -0.15) is 0 Å². The van der Waals surface area contributed by atoms with E-state index in [0.29, 0.717) is 124 Å². The lowest BCUT2D eigenvalue weighted by Crippen LogP contribution is -2.41. The smallest absolute Gasteiger partial charge is 0.410 e. The summed E-state index contributed by atoms with van der Waals surface area (Å²) in [5.74, 6) is -1.51. The fourth-order valence-electron chi connectivity index (χ4n) is 10.8. The summed E-state index contributed by atoms with van der Waals surface area (Å²) in [5, 5.41) is 26.0. The number of aromatic amines is 2. The Morgan fingerprint density at radius 2 is 0.721 bits per heavy atom. The molecule has 31 heteroatoms. The standard InChI is InChI=1S/C73H93N19O12/c1-48-12-14-50-18-24-56(86-68(50)80-48)84-66(101)30-42-90(40-28-62(97)78-46-54-22-16-52-20-26-64(99)88-70(52)82-54)38-8-36-76-58(93)10-6-34-74-60(95)32-44-92(72(103)104-73(3,4)5)45-33-61(96)75-35-7-11-59(94)77-37-9-39-91(43-31-67(102)85-57-25-19-51-15-13-49(2)81-69(51)87-57)41-29-63(98)79-47-55-23-17-53-21-27-65(100)89-71(53)83-55/h12-27H,6-11,28-47H2,1-5H3,(H,74,95)(H,75,96)(H,76,93)(H,77,94)(H,78,97)(H,79,98)(H,82,88,99)(H,83,89,100)(H,80,84,86,101)(H,81,85,87,102). The molecule has 8 heterocycles. The summed E-state index contributed by atoms with van der Waals surface area (Å²) >= 11 is 0. The van der Waals surface area contributed by atoms with E-state index < -0.39 is 11.7 Å². The summed E-state index contributed by atoms with van der Waals surface area (Å²) in [5.41, 5.74) is 3.15. The van der Waals surface area contributed by atoms with E-state index in [1.165, 1.54) is 17.0 Å². The molecule has 0 spiro atoms. The second kappa shape index (κ2) is 39.9. The lowest BCUT2D eigenvalue weighted by Gasteiger charge is -2.27. The number of amides is 9. The summed E-state index contributed by atoms with van der Waals surface area (Å²) in [6.07, 6.45) is 1.44. The molecule has 0 atom stereocenters. The molecule has 0 saturated carbocycles. The first-order valence-electron chi connectivity index (χ1n) is 35.0. The van der Waals surface area contributed by atoms with Crippen LogP contribution in [0.5, 0.6) is 0 Å². The van der Waals surface area contributed by atoms with Crippen LogP contribution in [0.15, 0.2) is 107 Å². The summed E-state index contributed by atoms with van der Waals surface area (Å²) in [6, 6.07) is 28.0. The van der Waals surface area contributed by atoms with Gasteiger partial charge in [-0.3, -0.25) is 47.9 Å². The van der Waals surface area contributed by atoms with Gasteiger partial charge in [-0.25, -0.2) is 34.7 Å². The minimum atomic E-state index is -0.856. The van der Waals surface area contributed by atoms with Gasteiger partial charge in [-0.1, -0.05) is 0 Å². The van der Waals surface area contributed by atoms with E-state index >= 15 is 0 Å². The Hall–Kier alpha value is -11.2. The van der Waals surface area contributed by atoms with Crippen molar-refractivity contribution < 1.29 is 47.9 Å². The SMILES string of the molecule is Cc1ccc2ccc(NC(=O)CCN(CCCNC(=O)CCCNC(=O)CCN(CCC(=O)NCCCC(=O)NCCCN(CCC(=O)NCc3ccc4ccc(=O)[nH]c4n3)CCC(=O)Nc3ccc4ccc(C)nc4n3)C(=O)OC(C)(C)C)CCC(=O)NCc3ccc4ccc(=O)[nH]c4n3)nc2n1. The maximum Gasteiger partial charge on any atom is 0.410 e. The van der Waals surface area contributed by atoms with E-state index in [4.69, 9.17) is 4.74 Å². The van der Waals surface area contributed by atoms with E-state index in [-0.39, 0.29) is 149 Å². The van der Waals surface area contributed by atoms with E-state index in [2.05, 4.69) is 82.4 Å². The molecule has 104 heavy (non-hydrogen) atoms. The Bertz CT molecular complexity index is 4180. The van der Waals surface area contributed by atoms with Crippen molar-refractivity contribution in [2.45, 2.75) is 130 Å². The first-order valence-corrected chi connectivity index (χ1v) is 35.0. The second-order valence-corrected chi connectivity index (χ2v) is 26.1. The van der Waals surface area contributed by atoms with Crippen LogP contribution in [0.3, 0.4) is 0 Å². The Kier molecular flexibility index (Phi) is 30.1. The first-order chi connectivity index (χ1) is 49.9. The van der Waals surface area contributed by atoms with Crippen molar-refractivity contribution in [3.05, 3.63) is 141 Å². The van der Waals surface area contributed by atoms with Crippen LogP contribution in [-0.4, -0.2) is 192 Å². The predicted molar refractivity (Wildman–Crippen MR) is 392 cm³/mol. The molecule has 8 aromatic rings. The third-order valence-corrected chi connectivity index (χ3v) is 16.4. The van der Waals surface area contributed by atoms with E-state index in [0.717, 1.165) is 32.9 Å². The highest BCUT2D eigenvalue weighted by molar-refractivity contribution is 5.92. The molecule has 8 rings (SSSR count). The van der Waals surface area contributed by atoms with Crippen LogP contribution in [0, 0.1) is 13.8 Å². The van der Waals surface area contributed by atoms with Crippen molar-refractivity contribution in [1.82, 2.24) is 86.5 Å². The maximum absolute atomic E-state index is 13.3. The van der Waals surface area contributed by atoms with Crippen LogP contribution in [0.25, 0.3) is 44.1 Å². The van der Waals surface area contributed by atoms with Gasteiger partial charge in [0.25, 0.3) is 0 Å². The molecule has 0 unspecified atom stereocenters. The molecule has 31 nitrogen and oxygen atoms in total. The normalized spacial score (nSPS) is 11.4. The highest BCUT2D eigenvalue weighted by atomic mass is 16.6. The predicted octanol–water partition coefficient (Wildman–Crippen LogP) is 4.86. The fraction of sp³-hybridized carbons (Fsp3) is 0.438. The van der Waals surface area contributed by atoms with Crippen LogP contribution in [-0.2, 0) is 56.2 Å². The number of aryl methyl sites for hydroxylation is 2. The number of pyridine rings is 8. The lowest BCUT2D eigenvalue weighted by atomic mass is 10.2. The average molecular weight is 1430 g/mol. The molecule has 0 fully saturated rings. The zero-order valence-electron chi connectivity index (χ0n) is 59.5. The van der Waals surface area contributed by atoms with Gasteiger partial charge in [0, 0.05) is 162 Å². The van der Waals surface area contributed by atoms with Crippen molar-refractivity contribution in [2.24, 2.45) is 0 Å². The summed E-state index contributed by atoms with van der Waals surface area (Å²) in [7, 11) is 0. The van der Waals surface area contributed by atoms with E-state index in [1.54, 1.807) is 57.2 Å². The number of rotatable bonds is 40. The number of carbonyl (C=O) groups excluding carboxylic acids is 9. The zero-order valence-corrected chi connectivity index (χ0v) is 59.5. The number of hydrogen-bond acceptors (Lipinski definition) is 20. The molecule has 552 valence electrons. The Morgan fingerprint density at radius 3 is 1.13 bits per heavy atom. The highest BCUT2D eigenvalue weighted by Crippen LogP contribution is 2.18. The van der Waals surface area contributed by atoms with Gasteiger partial charge < -0.3 is 71.9 Å². The van der Waals surface area contributed by atoms with E-state index in [9.17, 15) is 52.7 Å². The third-order valence-electron chi connectivity index (χ3n) is 16.4. The monoisotopic (exact) mass is 1430 g/mol. The van der Waals surface area contributed by atoms with Crippen molar-refractivity contribution in [3.63, 3.8) is 0 Å². The summed E-state index contributed by atoms with van der Waals surface area (Å²) in [6.45, 7) is 12.2. The van der Waals surface area contributed by atoms with Crippen LogP contribution < -0.4 is 53.7 Å². The van der Waals surface area contributed by atoms with Gasteiger partial charge in [-0.15, -0.1) is 0 Å². The minimum absolute atomic E-state index is 0.0485. The van der Waals surface area contributed by atoms with Crippen molar-refractivity contribution in [2.75, 3.05) is 89.2 Å². The average Bonchev–Trinajstić information content (AvgIpc) is 0.848. The van der Waals surface area contributed by atoms with Gasteiger partial charge in [0.2, 0.25) is 58.4 Å². The number of nitrogens with zero attached hydrogens (tertiary/aromatic N) is 9. The number of nitrogens with one attached hydrogen (secondary N) is 10. The molecule has 0 aliphatic carbocycles. The van der Waals surface area contributed by atoms with Crippen molar-refractivity contribution >= 4 is 109 Å². The number of H-pyrrole nitrogens is 2. The maximum atomic E-state index is 13.3. The Labute approximate surface area is 601 Å². The van der Waals surface area contributed by atoms with Crippen LogP contribution in [0.2, 0.25) is 0 Å². The number of fused-ring (bicyclic) bond motifs is 4. The van der Waals surface area contributed by atoms with Crippen LogP contribution in [0.4, 0.5) is 16.4 Å². The summed E-state index contributed by atoms with van der Waals surface area (Å²) < 4.78 is 5.58. The number of ether oxygens (including phenoxy) is 1. The lowest BCUT2D eigenvalue weighted by molar-refractivity contribution is -0.123. The molecule has 9 amide bonds. The van der Waals surface area contributed by atoms with Crippen molar-refractivity contribution in [1.29, 1.82) is 0 Å². The number of anilines is 2. The molecular formula is C73H93N19O12. The molecule has 0 aromatic carbocycles. The molecule has 0 aliphatic heterocycles. The quantitative estimate of drug-likeness (QED) is 0.0229. The second-order valence-electron chi connectivity index (χ2n) is 26.1. The van der Waals surface area contributed by atoms with Gasteiger partial charge in [0.1, 0.15) is 28.5 Å². The van der Waals surface area contributed by atoms with Crippen LogP contribution >= 0.6 is 0 Å². The highest BCUT2D eigenvalue weighted by Gasteiger charge is 2.24. The fourth-order valence-corrected chi connectivity index (χ4v) is 10.8. The third kappa shape index (κ3) is 28.0. The van der Waals surface area contributed by atoms with Gasteiger partial charge in [-0.05, 0) is 158 Å². The van der Waals surface area contributed by atoms with Gasteiger partial charge in [0.15, 0.2) is 11.3 Å². The molecular weight excluding hydrogens is 1330 g/mol. The van der Waals surface area contributed by atoms with Gasteiger partial charge in [0.05, 0.1) is 24.5 Å². The largest absolute Gasteiger partial charge is 0.444 e. The number of hydrogen-bond donors (Lipinski definition) is 10. The first kappa shape index (κ1) is 78.5. The Morgan fingerprint density at radius 1 is 0.375 bits per heavy atom. The molecule has 0 radical (unpaired) electrons. The van der Waals surface area contributed by atoms with Crippen LogP contribution in [0.1, 0.15) is 121 Å². The molecule has 0 bridgehead atoms. The molecule has 10 N–H and O–H groups in total. The zero-order chi connectivity index (χ0) is 74.4. The van der Waals surface area contributed by atoms with E-state index in [1.807, 2.05) is 72.2 Å². The molecule has 0 saturated heterocycles. The van der Waals surface area contributed by atoms with Gasteiger partial charge >= 0.3 is 6.09 Å². The van der Waals surface area contributed by atoms with Crippen molar-refractivity contribution in [3.8, 4) is 0 Å². The molecule has 8 aromatic heterocycles. The number of aromatic nitrogens is 8. The Balaban J connectivity index is 0.703. The number of carbonyl (C=O) groups is 9. The molecule has 0 aliphatic rings. The minimum Gasteiger partial charge on any atom is -0.444 e. The summed E-state index contributed by atoms with van der Waals surface area (Å²) in [4.78, 5) is 179.